The lowest BCUT2D eigenvalue weighted by molar-refractivity contribution is -0.141. The Labute approximate surface area is 122 Å². The minimum Gasteiger partial charge on any atom is -0.479 e. The number of anilines is 1. The van der Waals surface area contributed by atoms with Crippen molar-refractivity contribution in [2.45, 2.75) is 13.0 Å². The molecule has 20 heavy (non-hydrogen) atoms. The summed E-state index contributed by atoms with van der Waals surface area (Å²) < 4.78 is 10.7. The molecule has 0 saturated heterocycles. The number of hydrogen-bond donors (Lipinski definition) is 1. The predicted molar refractivity (Wildman–Crippen MR) is 78.0 cm³/mol. The van der Waals surface area contributed by atoms with Gasteiger partial charge in [-0.3, -0.25) is 0 Å². The van der Waals surface area contributed by atoms with Crippen LogP contribution in [0.3, 0.4) is 0 Å². The molecular formula is C15H14ClNO3. The number of rotatable bonds is 4. The molecule has 4 nitrogen and oxygen atoms in total. The summed E-state index contributed by atoms with van der Waals surface area (Å²) >= 11 is 5.92. The first-order valence-electron chi connectivity index (χ1n) is 6.04. The van der Waals surface area contributed by atoms with Crippen LogP contribution < -0.4 is 15.2 Å². The third kappa shape index (κ3) is 3.65. The fraction of sp³-hybridized carbons (Fsp3) is 0.133. The van der Waals surface area contributed by atoms with Crippen molar-refractivity contribution in [2.24, 2.45) is 0 Å². The molecule has 0 fully saturated rings. The van der Waals surface area contributed by atoms with Crippen molar-refractivity contribution in [3.8, 4) is 11.5 Å². The van der Waals surface area contributed by atoms with Crippen LogP contribution in [0.2, 0.25) is 5.02 Å². The number of nitrogen functional groups attached to an aromatic ring is 1. The third-order valence-corrected chi connectivity index (χ3v) is 2.86. The fourth-order valence-corrected chi connectivity index (χ4v) is 1.73. The Balaban J connectivity index is 2.01. The Bertz CT molecular complexity index is 616. The number of hydrogen-bond acceptors (Lipinski definition) is 4. The summed E-state index contributed by atoms with van der Waals surface area (Å²) in [5.74, 6) is 0.288. The first kappa shape index (κ1) is 14.2. The van der Waals surface area contributed by atoms with E-state index in [9.17, 15) is 4.79 Å². The molecule has 0 aliphatic heterocycles. The first-order valence-corrected chi connectivity index (χ1v) is 6.42. The van der Waals surface area contributed by atoms with Gasteiger partial charge in [-0.25, -0.2) is 4.79 Å². The fourth-order valence-electron chi connectivity index (χ4n) is 1.56. The van der Waals surface area contributed by atoms with Gasteiger partial charge < -0.3 is 15.2 Å². The number of halogens is 1. The molecule has 0 radical (unpaired) electrons. The maximum absolute atomic E-state index is 11.9. The Morgan fingerprint density at radius 2 is 1.95 bits per heavy atom. The Kier molecular flexibility index (Phi) is 4.48. The number of nitrogens with two attached hydrogens (primary N) is 1. The Hall–Kier alpha value is -2.20. The van der Waals surface area contributed by atoms with Gasteiger partial charge in [0.2, 0.25) is 0 Å². The van der Waals surface area contributed by atoms with E-state index in [1.54, 1.807) is 55.5 Å². The molecule has 5 heteroatoms. The molecule has 0 aliphatic rings. The highest BCUT2D eigenvalue weighted by atomic mass is 35.5. The topological polar surface area (TPSA) is 61.5 Å². The van der Waals surface area contributed by atoms with Gasteiger partial charge in [-0.1, -0.05) is 29.8 Å². The zero-order valence-electron chi connectivity index (χ0n) is 10.9. The van der Waals surface area contributed by atoms with Crippen molar-refractivity contribution >= 4 is 23.3 Å². The molecule has 0 bridgehead atoms. The summed E-state index contributed by atoms with van der Waals surface area (Å²) in [5.41, 5.74) is 6.20. The summed E-state index contributed by atoms with van der Waals surface area (Å²) in [6, 6.07) is 13.6. The van der Waals surface area contributed by atoms with Gasteiger partial charge in [0, 0.05) is 11.8 Å². The lowest BCUT2D eigenvalue weighted by Gasteiger charge is -2.14. The average Bonchev–Trinajstić information content (AvgIpc) is 2.41. The quantitative estimate of drug-likeness (QED) is 0.533. The summed E-state index contributed by atoms with van der Waals surface area (Å²) in [7, 11) is 0. The monoisotopic (exact) mass is 291 g/mol. The van der Waals surface area contributed by atoms with E-state index in [2.05, 4.69) is 0 Å². The standard InChI is InChI=1S/C15H14ClNO3/c1-10(19-12-6-4-5-11(17)9-12)15(18)20-14-8-3-2-7-13(14)16/h2-10H,17H2,1H3. The SMILES string of the molecule is CC(Oc1cccc(N)c1)C(=O)Oc1ccccc1Cl. The normalized spacial score (nSPS) is 11.7. The van der Waals surface area contributed by atoms with E-state index in [-0.39, 0.29) is 0 Å². The second-order valence-electron chi connectivity index (χ2n) is 4.18. The summed E-state index contributed by atoms with van der Waals surface area (Å²) in [4.78, 5) is 11.9. The molecule has 0 aliphatic carbocycles. The van der Waals surface area contributed by atoms with Crippen LogP contribution in [0.4, 0.5) is 5.69 Å². The summed E-state index contributed by atoms with van der Waals surface area (Å²) in [5, 5.41) is 0.372. The smallest absolute Gasteiger partial charge is 0.352 e. The molecule has 0 amide bonds. The molecule has 0 aromatic heterocycles. The molecule has 1 atom stereocenters. The molecular weight excluding hydrogens is 278 g/mol. The van der Waals surface area contributed by atoms with E-state index in [0.29, 0.717) is 22.2 Å². The van der Waals surface area contributed by atoms with Crippen molar-refractivity contribution in [1.82, 2.24) is 0 Å². The van der Waals surface area contributed by atoms with Gasteiger partial charge in [0.15, 0.2) is 6.10 Å². The Morgan fingerprint density at radius 1 is 1.20 bits per heavy atom. The highest BCUT2D eigenvalue weighted by Gasteiger charge is 2.18. The van der Waals surface area contributed by atoms with Crippen molar-refractivity contribution in [3.05, 3.63) is 53.6 Å². The second-order valence-corrected chi connectivity index (χ2v) is 4.59. The summed E-state index contributed by atoms with van der Waals surface area (Å²) in [6.07, 6.45) is -0.770. The van der Waals surface area contributed by atoms with Crippen molar-refractivity contribution in [2.75, 3.05) is 5.73 Å². The van der Waals surface area contributed by atoms with Crippen LogP contribution in [0, 0.1) is 0 Å². The largest absolute Gasteiger partial charge is 0.479 e. The molecule has 2 rings (SSSR count). The van der Waals surface area contributed by atoms with Gasteiger partial charge in [0.25, 0.3) is 0 Å². The van der Waals surface area contributed by atoms with Crippen LogP contribution in [-0.2, 0) is 4.79 Å². The minimum atomic E-state index is -0.770. The lowest BCUT2D eigenvalue weighted by atomic mass is 10.3. The molecule has 104 valence electrons. The van der Waals surface area contributed by atoms with Crippen LogP contribution in [0.15, 0.2) is 48.5 Å². The van der Waals surface area contributed by atoms with Gasteiger partial charge in [-0.15, -0.1) is 0 Å². The van der Waals surface area contributed by atoms with Gasteiger partial charge in [0.05, 0.1) is 5.02 Å². The zero-order chi connectivity index (χ0) is 14.5. The maximum atomic E-state index is 11.9. The van der Waals surface area contributed by atoms with Gasteiger partial charge in [-0.2, -0.15) is 0 Å². The molecule has 2 aromatic carbocycles. The third-order valence-electron chi connectivity index (χ3n) is 2.55. The molecule has 0 heterocycles. The number of benzene rings is 2. The lowest BCUT2D eigenvalue weighted by Crippen LogP contribution is -2.28. The van der Waals surface area contributed by atoms with Crippen molar-refractivity contribution in [1.29, 1.82) is 0 Å². The minimum absolute atomic E-state index is 0.308. The van der Waals surface area contributed by atoms with Crippen molar-refractivity contribution in [3.63, 3.8) is 0 Å². The second kappa shape index (κ2) is 6.30. The van der Waals surface area contributed by atoms with Gasteiger partial charge >= 0.3 is 5.97 Å². The van der Waals surface area contributed by atoms with E-state index >= 15 is 0 Å². The van der Waals surface area contributed by atoms with Crippen LogP contribution >= 0.6 is 11.6 Å². The number of ether oxygens (including phenoxy) is 2. The highest BCUT2D eigenvalue weighted by Crippen LogP contribution is 2.24. The van der Waals surface area contributed by atoms with Gasteiger partial charge in [0.1, 0.15) is 11.5 Å². The molecule has 0 saturated carbocycles. The maximum Gasteiger partial charge on any atom is 0.352 e. The van der Waals surface area contributed by atoms with Crippen molar-refractivity contribution < 1.29 is 14.3 Å². The molecule has 1 unspecified atom stereocenters. The predicted octanol–water partition coefficient (Wildman–Crippen LogP) is 3.30. The average molecular weight is 292 g/mol. The Morgan fingerprint density at radius 3 is 2.65 bits per heavy atom. The van der Waals surface area contributed by atoms with Crippen LogP contribution in [-0.4, -0.2) is 12.1 Å². The number of carbonyl (C=O) groups is 1. The van der Waals surface area contributed by atoms with Gasteiger partial charge in [-0.05, 0) is 31.2 Å². The highest BCUT2D eigenvalue weighted by molar-refractivity contribution is 6.32. The number of para-hydroxylation sites is 1. The number of esters is 1. The zero-order valence-corrected chi connectivity index (χ0v) is 11.6. The van der Waals surface area contributed by atoms with E-state index in [0.717, 1.165) is 0 Å². The van der Waals surface area contributed by atoms with Crippen LogP contribution in [0.25, 0.3) is 0 Å². The molecule has 2 N–H and O–H groups in total. The first-order chi connectivity index (χ1) is 9.56. The van der Waals surface area contributed by atoms with E-state index in [4.69, 9.17) is 26.8 Å². The summed E-state index contributed by atoms with van der Waals surface area (Å²) in [6.45, 7) is 1.60. The molecule has 2 aromatic rings. The van der Waals surface area contributed by atoms with Crippen LogP contribution in [0.5, 0.6) is 11.5 Å². The van der Waals surface area contributed by atoms with E-state index < -0.39 is 12.1 Å². The number of carbonyl (C=O) groups excluding carboxylic acids is 1. The molecule has 0 spiro atoms. The van der Waals surface area contributed by atoms with Crippen LogP contribution in [0.1, 0.15) is 6.92 Å². The van der Waals surface area contributed by atoms with E-state index in [1.165, 1.54) is 0 Å². The van der Waals surface area contributed by atoms with E-state index in [1.807, 2.05) is 0 Å².